The second kappa shape index (κ2) is 2.18. The summed E-state index contributed by atoms with van der Waals surface area (Å²) >= 11 is 0. The fourth-order valence-corrected chi connectivity index (χ4v) is 1.04. The highest BCUT2D eigenvalue weighted by molar-refractivity contribution is 5.65. The van der Waals surface area contributed by atoms with E-state index in [1.54, 1.807) is 0 Å². The van der Waals surface area contributed by atoms with Gasteiger partial charge in [0.15, 0.2) is 0 Å². The molecular weight excluding hydrogens is 122 g/mol. The average molecular weight is 129 g/mol. The fraction of sp³-hybridized carbons (Fsp3) is 0.111. The maximum Gasteiger partial charge on any atom is 0.0650 e. The summed E-state index contributed by atoms with van der Waals surface area (Å²) < 4.78 is 0. The molecule has 0 amide bonds. The smallest absolute Gasteiger partial charge is 0.0650 e. The summed E-state index contributed by atoms with van der Waals surface area (Å²) in [5.41, 5.74) is 2.26. The molecule has 0 fully saturated rings. The maximum absolute atomic E-state index is 4.29. The minimum Gasteiger partial charge on any atom is -0.281 e. The molecule has 2 radical (unpaired) electrons. The first kappa shape index (κ1) is 5.54. The first-order chi connectivity index (χ1) is 4.97. The Morgan fingerprint density at radius 3 is 3.40 bits per heavy atom. The summed E-state index contributed by atoms with van der Waals surface area (Å²) in [4.78, 5) is 0. The minimum atomic E-state index is 0.816. The van der Waals surface area contributed by atoms with Crippen LogP contribution in [-0.2, 0) is 0 Å². The van der Waals surface area contributed by atoms with Crippen molar-refractivity contribution in [3.8, 4) is 0 Å². The standard InChI is InChI=1S/C9H7N/c1-2-6-9-8(4-1)5-3-7-10-9/h2-6H,7H2. The van der Waals surface area contributed by atoms with Crippen molar-refractivity contribution in [1.29, 1.82) is 0 Å². The lowest BCUT2D eigenvalue weighted by atomic mass is 10.1. The van der Waals surface area contributed by atoms with Gasteiger partial charge < -0.3 is 0 Å². The number of nitrogens with zero attached hydrogens (tertiary/aromatic N) is 1. The number of fused-ring (bicyclic) bond motifs is 1. The first-order valence-electron chi connectivity index (χ1n) is 3.31. The summed E-state index contributed by atoms with van der Waals surface area (Å²) in [6, 6.07) is 8.84. The molecule has 48 valence electrons. The van der Waals surface area contributed by atoms with Crippen LogP contribution in [0.15, 0.2) is 24.3 Å². The first-order valence-corrected chi connectivity index (χ1v) is 3.31. The zero-order valence-corrected chi connectivity index (χ0v) is 5.54. The van der Waals surface area contributed by atoms with E-state index in [0.29, 0.717) is 0 Å². The molecule has 0 atom stereocenters. The zero-order chi connectivity index (χ0) is 6.81. The zero-order valence-electron chi connectivity index (χ0n) is 5.54. The molecule has 0 saturated carbocycles. The van der Waals surface area contributed by atoms with Crippen LogP contribution >= 0.6 is 0 Å². The lowest BCUT2D eigenvalue weighted by Gasteiger charge is -2.08. The normalized spacial score (nSPS) is 14.0. The molecule has 0 unspecified atom stereocenters. The number of hydrogen-bond donors (Lipinski definition) is 0. The van der Waals surface area contributed by atoms with Crippen LogP contribution in [0.4, 0.5) is 5.69 Å². The van der Waals surface area contributed by atoms with Crippen LogP contribution in [0.3, 0.4) is 0 Å². The lowest BCUT2D eigenvalue weighted by molar-refractivity contribution is 0.965. The van der Waals surface area contributed by atoms with Crippen molar-refractivity contribution in [3.63, 3.8) is 0 Å². The van der Waals surface area contributed by atoms with E-state index >= 15 is 0 Å². The van der Waals surface area contributed by atoms with Gasteiger partial charge in [-0.2, -0.15) is 0 Å². The molecule has 0 spiro atoms. The Morgan fingerprint density at radius 2 is 2.50 bits per heavy atom. The largest absolute Gasteiger partial charge is 0.281 e. The average Bonchev–Trinajstić information content (AvgIpc) is 2.05. The van der Waals surface area contributed by atoms with Gasteiger partial charge in [-0.1, -0.05) is 18.2 Å². The molecule has 1 aliphatic heterocycles. The van der Waals surface area contributed by atoms with Gasteiger partial charge in [-0.25, -0.2) is 0 Å². The van der Waals surface area contributed by atoms with Crippen molar-refractivity contribution >= 4 is 11.8 Å². The molecule has 2 rings (SSSR count). The van der Waals surface area contributed by atoms with Crippen LogP contribution in [0.2, 0.25) is 0 Å². The van der Waals surface area contributed by atoms with Crippen LogP contribution in [0.25, 0.3) is 6.08 Å². The van der Waals surface area contributed by atoms with Gasteiger partial charge in [0, 0.05) is 5.56 Å². The monoisotopic (exact) mass is 129 g/mol. The molecule has 1 aliphatic rings. The van der Waals surface area contributed by atoms with Crippen molar-refractivity contribution in [3.05, 3.63) is 35.9 Å². The van der Waals surface area contributed by atoms with E-state index < -0.39 is 0 Å². The van der Waals surface area contributed by atoms with E-state index in [4.69, 9.17) is 0 Å². The lowest BCUT2D eigenvalue weighted by Crippen LogP contribution is -2.02. The molecule has 1 heterocycles. The second-order valence-electron chi connectivity index (χ2n) is 2.23. The molecule has 1 nitrogen and oxygen atoms in total. The van der Waals surface area contributed by atoms with E-state index in [9.17, 15) is 0 Å². The molecule has 1 heteroatoms. The summed E-state index contributed by atoms with van der Waals surface area (Å²) in [5.74, 6) is 0. The predicted molar refractivity (Wildman–Crippen MR) is 41.0 cm³/mol. The summed E-state index contributed by atoms with van der Waals surface area (Å²) in [6.07, 6.45) is 4.13. The maximum atomic E-state index is 4.29. The van der Waals surface area contributed by atoms with Crippen molar-refractivity contribution in [2.45, 2.75) is 0 Å². The van der Waals surface area contributed by atoms with Crippen molar-refractivity contribution in [2.75, 3.05) is 6.54 Å². The Kier molecular flexibility index (Phi) is 1.21. The summed E-state index contributed by atoms with van der Waals surface area (Å²) in [7, 11) is 0. The van der Waals surface area contributed by atoms with Gasteiger partial charge in [-0.05, 0) is 18.2 Å². The summed E-state index contributed by atoms with van der Waals surface area (Å²) in [6.45, 7) is 0.816. The highest BCUT2D eigenvalue weighted by atomic mass is 14.9. The predicted octanol–water partition coefficient (Wildman–Crippen LogP) is 1.75. The molecule has 0 N–H and O–H groups in total. The van der Waals surface area contributed by atoms with E-state index in [0.717, 1.165) is 12.2 Å². The van der Waals surface area contributed by atoms with Gasteiger partial charge in [0.25, 0.3) is 0 Å². The second-order valence-corrected chi connectivity index (χ2v) is 2.23. The Labute approximate surface area is 60.4 Å². The Hall–Kier alpha value is -1.24. The van der Waals surface area contributed by atoms with Gasteiger partial charge in [0.1, 0.15) is 0 Å². The highest BCUT2D eigenvalue weighted by Gasteiger charge is 2.01. The highest BCUT2D eigenvalue weighted by Crippen LogP contribution is 2.18. The number of rotatable bonds is 0. The van der Waals surface area contributed by atoms with Crippen LogP contribution in [0.1, 0.15) is 5.56 Å². The van der Waals surface area contributed by atoms with Gasteiger partial charge in [0.2, 0.25) is 0 Å². The van der Waals surface area contributed by atoms with E-state index in [1.807, 2.05) is 18.2 Å². The van der Waals surface area contributed by atoms with Crippen LogP contribution in [0, 0.1) is 6.07 Å². The minimum absolute atomic E-state index is 0.816. The van der Waals surface area contributed by atoms with Crippen LogP contribution < -0.4 is 5.32 Å². The topological polar surface area (TPSA) is 14.1 Å². The van der Waals surface area contributed by atoms with Crippen molar-refractivity contribution in [2.24, 2.45) is 0 Å². The third-order valence-corrected chi connectivity index (χ3v) is 1.54. The molecular formula is C9H7N. The van der Waals surface area contributed by atoms with E-state index in [-0.39, 0.29) is 0 Å². The van der Waals surface area contributed by atoms with Gasteiger partial charge in [0.05, 0.1) is 12.2 Å². The number of benzene rings is 1. The van der Waals surface area contributed by atoms with Crippen molar-refractivity contribution < 1.29 is 0 Å². The third kappa shape index (κ3) is 0.798. The molecule has 1 aromatic carbocycles. The molecule has 10 heavy (non-hydrogen) atoms. The molecule has 0 aliphatic carbocycles. The third-order valence-electron chi connectivity index (χ3n) is 1.54. The fourth-order valence-electron chi connectivity index (χ4n) is 1.04. The van der Waals surface area contributed by atoms with Gasteiger partial charge in [-0.15, -0.1) is 0 Å². The van der Waals surface area contributed by atoms with Gasteiger partial charge in [-0.3, -0.25) is 5.32 Å². The van der Waals surface area contributed by atoms with Crippen LogP contribution in [-0.4, -0.2) is 6.54 Å². The van der Waals surface area contributed by atoms with Crippen molar-refractivity contribution in [1.82, 2.24) is 5.32 Å². The van der Waals surface area contributed by atoms with Gasteiger partial charge >= 0.3 is 0 Å². The quantitative estimate of drug-likeness (QED) is 0.506. The Morgan fingerprint density at radius 1 is 1.50 bits per heavy atom. The SMILES string of the molecule is [c]1ccc2c(c1)C=CC[N]2. The Bertz CT molecular complexity index is 263. The molecule has 0 saturated heterocycles. The Balaban J connectivity index is 2.54. The molecule has 0 bridgehead atoms. The molecule has 0 aromatic heterocycles. The number of hydrogen-bond acceptors (Lipinski definition) is 0. The van der Waals surface area contributed by atoms with E-state index in [2.05, 4.69) is 23.5 Å². The summed E-state index contributed by atoms with van der Waals surface area (Å²) in [5, 5.41) is 4.29. The molecule has 1 aromatic rings. The van der Waals surface area contributed by atoms with Crippen LogP contribution in [0.5, 0.6) is 0 Å². The van der Waals surface area contributed by atoms with E-state index in [1.165, 1.54) is 5.56 Å².